The van der Waals surface area contributed by atoms with E-state index in [1.54, 1.807) is 39.4 Å². The number of nitrogens with zero attached hydrogens (tertiary/aromatic N) is 4. The van der Waals surface area contributed by atoms with E-state index in [-0.39, 0.29) is 0 Å². The van der Waals surface area contributed by atoms with Gasteiger partial charge < -0.3 is 0 Å². The smallest absolute Gasteiger partial charge is 0.243 e. The molecule has 1 saturated carbocycles. The zero-order valence-corrected chi connectivity index (χ0v) is 15.8. The molecule has 0 unspecified atom stereocenters. The molecule has 0 spiro atoms. The van der Waals surface area contributed by atoms with E-state index in [1.165, 1.54) is 32.1 Å². The molecule has 2 fully saturated rings. The third-order valence-corrected chi connectivity index (χ3v) is 7.52. The molecule has 1 aliphatic heterocycles. The first-order valence-corrected chi connectivity index (χ1v) is 10.9. The lowest BCUT2D eigenvalue weighted by Gasteiger charge is -2.40. The van der Waals surface area contributed by atoms with Gasteiger partial charge in [-0.25, -0.2) is 13.1 Å². The van der Waals surface area contributed by atoms with Crippen LogP contribution in [0.4, 0.5) is 0 Å². The highest BCUT2D eigenvalue weighted by molar-refractivity contribution is 7.89. The number of piperazine rings is 1. The van der Waals surface area contributed by atoms with Crippen LogP contribution in [0.1, 0.15) is 32.1 Å². The summed E-state index contributed by atoms with van der Waals surface area (Å²) in [6.45, 7) is 2.85. The predicted octanol–water partition coefficient (Wildman–Crippen LogP) is 2.51. The van der Waals surface area contributed by atoms with Crippen LogP contribution >= 0.6 is 0 Å². The monoisotopic (exact) mass is 374 g/mol. The average Bonchev–Trinajstić information content (AvgIpc) is 3.24. The zero-order chi connectivity index (χ0) is 18.0. The molecule has 140 valence electrons. The number of benzene rings is 1. The van der Waals surface area contributed by atoms with E-state index in [0.29, 0.717) is 24.0 Å². The Kier molecular flexibility index (Phi) is 5.11. The third kappa shape index (κ3) is 3.56. The molecule has 26 heavy (non-hydrogen) atoms. The first kappa shape index (κ1) is 17.7. The fourth-order valence-electron chi connectivity index (χ4n) is 4.10. The van der Waals surface area contributed by atoms with Crippen molar-refractivity contribution < 1.29 is 8.42 Å². The van der Waals surface area contributed by atoms with Crippen LogP contribution < -0.4 is 0 Å². The fraction of sp³-hybridized carbons (Fsp3) is 0.526. The Balaban J connectivity index is 1.42. The van der Waals surface area contributed by atoms with E-state index < -0.39 is 10.0 Å². The Morgan fingerprint density at radius 1 is 0.923 bits per heavy atom. The lowest BCUT2D eigenvalue weighted by Crippen LogP contribution is -2.52. The maximum Gasteiger partial charge on any atom is 0.243 e. The molecular weight excluding hydrogens is 348 g/mol. The van der Waals surface area contributed by atoms with Crippen molar-refractivity contribution in [1.82, 2.24) is 19.0 Å². The molecule has 2 heterocycles. The largest absolute Gasteiger partial charge is 0.298 e. The molecule has 0 atom stereocenters. The van der Waals surface area contributed by atoms with Gasteiger partial charge in [-0.3, -0.25) is 4.90 Å². The number of hydrogen-bond donors (Lipinski definition) is 0. The van der Waals surface area contributed by atoms with E-state index >= 15 is 0 Å². The van der Waals surface area contributed by atoms with Crippen molar-refractivity contribution in [3.05, 3.63) is 42.7 Å². The SMILES string of the molecule is O=S(=O)(c1ccc(-n2cccn2)cc1)N1CCN(C2CCCCC2)CC1. The van der Waals surface area contributed by atoms with Gasteiger partial charge in [-0.1, -0.05) is 19.3 Å². The van der Waals surface area contributed by atoms with Crippen molar-refractivity contribution >= 4 is 10.0 Å². The lowest BCUT2D eigenvalue weighted by atomic mass is 9.94. The summed E-state index contributed by atoms with van der Waals surface area (Å²) < 4.78 is 29.3. The average molecular weight is 375 g/mol. The van der Waals surface area contributed by atoms with Crippen molar-refractivity contribution in [3.63, 3.8) is 0 Å². The summed E-state index contributed by atoms with van der Waals surface area (Å²) in [5, 5.41) is 4.17. The maximum absolute atomic E-state index is 13.0. The van der Waals surface area contributed by atoms with Gasteiger partial charge in [0, 0.05) is 44.6 Å². The summed E-state index contributed by atoms with van der Waals surface area (Å²) in [7, 11) is -3.42. The molecule has 1 saturated heterocycles. The predicted molar refractivity (Wildman–Crippen MR) is 101 cm³/mol. The first-order chi connectivity index (χ1) is 12.6. The van der Waals surface area contributed by atoms with Crippen LogP contribution in [0.15, 0.2) is 47.6 Å². The zero-order valence-electron chi connectivity index (χ0n) is 15.0. The normalized spacial score (nSPS) is 21.1. The van der Waals surface area contributed by atoms with Crippen molar-refractivity contribution in [1.29, 1.82) is 0 Å². The Hall–Kier alpha value is -1.70. The number of sulfonamides is 1. The highest BCUT2D eigenvalue weighted by Crippen LogP contribution is 2.25. The lowest BCUT2D eigenvalue weighted by molar-refractivity contribution is 0.111. The van der Waals surface area contributed by atoms with Crippen molar-refractivity contribution in [2.45, 2.75) is 43.0 Å². The molecule has 7 heteroatoms. The first-order valence-electron chi connectivity index (χ1n) is 9.49. The number of rotatable bonds is 4. The van der Waals surface area contributed by atoms with Crippen LogP contribution in [0.2, 0.25) is 0 Å². The maximum atomic E-state index is 13.0. The van der Waals surface area contributed by atoms with Gasteiger partial charge in [0.1, 0.15) is 0 Å². The van der Waals surface area contributed by atoms with Gasteiger partial charge in [0.05, 0.1) is 10.6 Å². The quantitative estimate of drug-likeness (QED) is 0.825. The van der Waals surface area contributed by atoms with Crippen LogP contribution in [0.3, 0.4) is 0 Å². The Morgan fingerprint density at radius 2 is 1.62 bits per heavy atom. The Labute approximate surface area is 155 Å². The minimum absolute atomic E-state index is 0.361. The molecule has 2 aromatic rings. The van der Waals surface area contributed by atoms with Gasteiger partial charge in [0.25, 0.3) is 0 Å². The highest BCUT2D eigenvalue weighted by Gasteiger charge is 2.31. The van der Waals surface area contributed by atoms with Crippen LogP contribution in [0.25, 0.3) is 5.69 Å². The van der Waals surface area contributed by atoms with Gasteiger partial charge in [-0.15, -0.1) is 0 Å². The molecule has 4 rings (SSSR count). The topological polar surface area (TPSA) is 58.4 Å². The van der Waals surface area contributed by atoms with Crippen LogP contribution in [0, 0.1) is 0 Å². The standard InChI is InChI=1S/C19H26N4O2S/c24-26(25,19-9-7-18(8-10-19)23-12-4-11-20-23)22-15-13-21(14-16-22)17-5-2-1-3-6-17/h4,7-12,17H,1-3,5-6,13-16H2. The van der Waals surface area contributed by atoms with E-state index in [9.17, 15) is 8.42 Å². The molecule has 0 bridgehead atoms. The van der Waals surface area contributed by atoms with E-state index in [0.717, 1.165) is 18.8 Å². The molecule has 0 N–H and O–H groups in total. The molecular formula is C19H26N4O2S. The number of aromatic nitrogens is 2. The molecule has 2 aliphatic rings. The minimum Gasteiger partial charge on any atom is -0.298 e. The number of hydrogen-bond acceptors (Lipinski definition) is 4. The summed E-state index contributed by atoms with van der Waals surface area (Å²) in [5.41, 5.74) is 0.857. The summed E-state index contributed by atoms with van der Waals surface area (Å²) in [4.78, 5) is 2.85. The molecule has 6 nitrogen and oxygen atoms in total. The molecule has 0 radical (unpaired) electrons. The molecule has 1 aromatic carbocycles. The summed E-state index contributed by atoms with van der Waals surface area (Å²) in [5.74, 6) is 0. The molecule has 1 aromatic heterocycles. The van der Waals surface area contributed by atoms with E-state index in [2.05, 4.69) is 10.00 Å². The second-order valence-corrected chi connectivity index (χ2v) is 9.11. The third-order valence-electron chi connectivity index (χ3n) is 5.61. The van der Waals surface area contributed by atoms with Gasteiger partial charge in [0.15, 0.2) is 0 Å². The second-order valence-electron chi connectivity index (χ2n) is 7.18. The summed E-state index contributed by atoms with van der Waals surface area (Å²) in [6.07, 6.45) is 10.0. The summed E-state index contributed by atoms with van der Waals surface area (Å²) >= 11 is 0. The van der Waals surface area contributed by atoms with Gasteiger partial charge in [-0.2, -0.15) is 9.40 Å². The van der Waals surface area contributed by atoms with Crippen molar-refractivity contribution in [2.24, 2.45) is 0 Å². The van der Waals surface area contributed by atoms with Crippen molar-refractivity contribution in [3.8, 4) is 5.69 Å². The van der Waals surface area contributed by atoms with Crippen LogP contribution in [-0.2, 0) is 10.0 Å². The van der Waals surface area contributed by atoms with Gasteiger partial charge >= 0.3 is 0 Å². The van der Waals surface area contributed by atoms with Gasteiger partial charge in [0.2, 0.25) is 10.0 Å². The van der Waals surface area contributed by atoms with E-state index in [4.69, 9.17) is 0 Å². The van der Waals surface area contributed by atoms with Crippen LogP contribution in [-0.4, -0.2) is 59.6 Å². The molecule has 0 amide bonds. The minimum atomic E-state index is -3.42. The van der Waals surface area contributed by atoms with Gasteiger partial charge in [-0.05, 0) is 43.2 Å². The molecule has 1 aliphatic carbocycles. The van der Waals surface area contributed by atoms with E-state index in [1.807, 2.05) is 12.3 Å². The Bertz CT molecular complexity index is 804. The fourth-order valence-corrected chi connectivity index (χ4v) is 5.52. The summed E-state index contributed by atoms with van der Waals surface area (Å²) in [6, 6.07) is 9.47. The highest BCUT2D eigenvalue weighted by atomic mass is 32.2. The Morgan fingerprint density at radius 3 is 2.23 bits per heavy atom. The second kappa shape index (κ2) is 7.50. The van der Waals surface area contributed by atoms with Crippen molar-refractivity contribution in [2.75, 3.05) is 26.2 Å². The van der Waals surface area contributed by atoms with Crippen LogP contribution in [0.5, 0.6) is 0 Å².